The molecule has 1 rings (SSSR count). The van der Waals surface area contributed by atoms with Crippen molar-refractivity contribution < 1.29 is 8.42 Å². The van der Waals surface area contributed by atoms with E-state index in [-0.39, 0.29) is 0 Å². The molecule has 0 aliphatic heterocycles. The van der Waals surface area contributed by atoms with Crippen LogP contribution in [0, 0.1) is 0 Å². The van der Waals surface area contributed by atoms with Crippen LogP contribution in [0.4, 0.5) is 0 Å². The number of hydrogen-bond acceptors (Lipinski definition) is 3. The van der Waals surface area contributed by atoms with Crippen molar-refractivity contribution in [2.75, 3.05) is 6.26 Å². The number of benzene rings is 1. The first-order valence-corrected chi connectivity index (χ1v) is 6.89. The molecule has 0 amide bonds. The summed E-state index contributed by atoms with van der Waals surface area (Å²) >= 11 is 0. The first kappa shape index (κ1) is 12.7. The summed E-state index contributed by atoms with van der Waals surface area (Å²) < 4.78 is 21.8. The van der Waals surface area contributed by atoms with E-state index in [9.17, 15) is 8.42 Å². The molecule has 0 fully saturated rings. The van der Waals surface area contributed by atoms with Crippen LogP contribution < -0.4 is 10.3 Å². The predicted molar refractivity (Wildman–Crippen MR) is 65.8 cm³/mol. The van der Waals surface area contributed by atoms with E-state index >= 15 is 0 Å². The van der Waals surface area contributed by atoms with Crippen LogP contribution in [-0.4, -0.2) is 14.7 Å². The molecule has 0 aromatic heterocycles. The molecule has 1 aromatic rings. The molecule has 0 heterocycles. The van der Waals surface area contributed by atoms with Gasteiger partial charge in [-0.25, -0.2) is 8.42 Å². The summed E-state index contributed by atoms with van der Waals surface area (Å²) in [6, 6.07) is 9.72. The van der Waals surface area contributed by atoms with Crippen molar-refractivity contribution in [3.63, 3.8) is 0 Å². The van der Waals surface area contributed by atoms with Gasteiger partial charge in [-0.3, -0.25) is 0 Å². The van der Waals surface area contributed by atoms with E-state index in [0.29, 0.717) is 0 Å². The molecule has 0 aliphatic carbocycles. The molecule has 2 N–H and O–H groups in total. The summed E-state index contributed by atoms with van der Waals surface area (Å²) in [6.45, 7) is 1.95. The van der Waals surface area contributed by atoms with E-state index in [1.807, 2.05) is 43.3 Å². The number of nitrogens with one attached hydrogen (secondary N) is 2. The normalized spacial score (nSPS) is 12.5. The molecule has 0 saturated carbocycles. The third kappa shape index (κ3) is 4.95. The molecular weight excluding hydrogens is 224 g/mol. The highest BCUT2D eigenvalue weighted by Gasteiger charge is 2.00. The molecule has 0 bridgehead atoms. The van der Waals surface area contributed by atoms with E-state index in [4.69, 9.17) is 0 Å². The van der Waals surface area contributed by atoms with Crippen LogP contribution in [0.15, 0.2) is 36.0 Å². The minimum absolute atomic E-state index is 0.720. The highest BCUT2D eigenvalue weighted by molar-refractivity contribution is 7.88. The topological polar surface area (TPSA) is 58.2 Å². The smallest absolute Gasteiger partial charge is 0.225 e. The van der Waals surface area contributed by atoms with E-state index in [2.05, 4.69) is 10.3 Å². The van der Waals surface area contributed by atoms with Crippen molar-refractivity contribution in [1.82, 2.24) is 10.3 Å². The quantitative estimate of drug-likeness (QED) is 0.767. The average molecular weight is 240 g/mol. The second-order valence-corrected chi connectivity index (χ2v) is 5.18. The first-order chi connectivity index (χ1) is 7.51. The van der Waals surface area contributed by atoms with Gasteiger partial charge >= 0.3 is 0 Å². The summed E-state index contributed by atoms with van der Waals surface area (Å²) in [5.41, 5.74) is 4.53. The Bertz CT molecular complexity index is 452. The fourth-order valence-corrected chi connectivity index (χ4v) is 1.45. The van der Waals surface area contributed by atoms with Gasteiger partial charge in [-0.15, -0.1) is 4.83 Å². The summed E-state index contributed by atoms with van der Waals surface area (Å²) in [4.78, 5) is 2.25. The Balaban J connectivity index is 2.72. The highest BCUT2D eigenvalue weighted by atomic mass is 32.2. The van der Waals surface area contributed by atoms with Gasteiger partial charge in [0, 0.05) is 5.70 Å². The van der Waals surface area contributed by atoms with Gasteiger partial charge in [-0.1, -0.05) is 37.3 Å². The Morgan fingerprint density at radius 3 is 2.44 bits per heavy atom. The third-order valence-corrected chi connectivity index (χ3v) is 2.39. The average Bonchev–Trinajstić information content (AvgIpc) is 2.24. The molecule has 0 radical (unpaired) electrons. The molecule has 0 unspecified atom stereocenters. The van der Waals surface area contributed by atoms with Crippen molar-refractivity contribution in [1.29, 1.82) is 0 Å². The van der Waals surface area contributed by atoms with Gasteiger partial charge in [-0.2, -0.15) is 0 Å². The maximum Gasteiger partial charge on any atom is 0.225 e. The number of sulfonamides is 1. The monoisotopic (exact) mass is 240 g/mol. The Kier molecular flexibility index (Phi) is 4.52. The van der Waals surface area contributed by atoms with Gasteiger partial charge < -0.3 is 5.43 Å². The first-order valence-electron chi connectivity index (χ1n) is 4.99. The van der Waals surface area contributed by atoms with Crippen molar-refractivity contribution in [3.05, 3.63) is 41.6 Å². The Morgan fingerprint density at radius 1 is 1.31 bits per heavy atom. The second kappa shape index (κ2) is 5.67. The lowest BCUT2D eigenvalue weighted by Gasteiger charge is -2.08. The Hall–Kier alpha value is -1.33. The molecule has 0 atom stereocenters. The number of hydrogen-bond donors (Lipinski definition) is 2. The zero-order valence-electron chi connectivity index (χ0n) is 9.40. The van der Waals surface area contributed by atoms with Gasteiger partial charge in [0.2, 0.25) is 10.0 Å². The maximum absolute atomic E-state index is 10.9. The fourth-order valence-electron chi connectivity index (χ4n) is 1.14. The predicted octanol–water partition coefficient (Wildman–Crippen LogP) is 1.49. The molecule has 5 heteroatoms. The summed E-state index contributed by atoms with van der Waals surface area (Å²) in [5, 5.41) is 0. The number of hydrazine groups is 1. The van der Waals surface area contributed by atoms with E-state index in [1.165, 1.54) is 0 Å². The van der Waals surface area contributed by atoms with Gasteiger partial charge in [-0.05, 0) is 18.1 Å². The standard InChI is InChI=1S/C11H16N2O2S/c1-3-11(12-13-16(2,14)15)9-10-7-5-4-6-8-10/h4-9,12-13H,3H2,1-2H3/b11-9-. The van der Waals surface area contributed by atoms with E-state index < -0.39 is 10.0 Å². The largest absolute Gasteiger partial charge is 0.312 e. The zero-order valence-corrected chi connectivity index (χ0v) is 10.2. The van der Waals surface area contributed by atoms with Crippen LogP contribution in [0.3, 0.4) is 0 Å². The molecule has 4 nitrogen and oxygen atoms in total. The summed E-state index contributed by atoms with van der Waals surface area (Å²) in [6.07, 6.45) is 3.73. The zero-order chi connectivity index (χ0) is 12.0. The van der Waals surface area contributed by atoms with Crippen molar-refractivity contribution in [2.45, 2.75) is 13.3 Å². The summed E-state index contributed by atoms with van der Waals surface area (Å²) in [7, 11) is -3.22. The highest BCUT2D eigenvalue weighted by Crippen LogP contribution is 2.06. The van der Waals surface area contributed by atoms with Crippen LogP contribution in [-0.2, 0) is 10.0 Å². The van der Waals surface area contributed by atoms with Gasteiger partial charge in [0.25, 0.3) is 0 Å². The van der Waals surface area contributed by atoms with Crippen molar-refractivity contribution in [2.24, 2.45) is 0 Å². The van der Waals surface area contributed by atoms with Crippen LogP contribution >= 0.6 is 0 Å². The van der Waals surface area contributed by atoms with Gasteiger partial charge in [0.05, 0.1) is 6.26 Å². The summed E-state index contributed by atoms with van der Waals surface area (Å²) in [5.74, 6) is 0. The van der Waals surface area contributed by atoms with Crippen LogP contribution in [0.25, 0.3) is 6.08 Å². The molecular formula is C11H16N2O2S. The molecule has 88 valence electrons. The minimum atomic E-state index is -3.22. The Labute approximate surface area is 96.4 Å². The molecule has 0 aliphatic rings. The molecule has 1 aromatic carbocycles. The molecule has 16 heavy (non-hydrogen) atoms. The van der Waals surface area contributed by atoms with E-state index in [1.54, 1.807) is 0 Å². The van der Waals surface area contributed by atoms with Crippen molar-refractivity contribution >= 4 is 16.1 Å². The van der Waals surface area contributed by atoms with Crippen LogP contribution in [0.2, 0.25) is 0 Å². The molecule has 0 saturated heterocycles. The second-order valence-electron chi connectivity index (χ2n) is 3.43. The number of allylic oxidation sites excluding steroid dienone is 1. The third-order valence-electron chi connectivity index (χ3n) is 1.92. The Morgan fingerprint density at radius 2 is 1.94 bits per heavy atom. The lowest BCUT2D eigenvalue weighted by molar-refractivity contribution is 0.575. The maximum atomic E-state index is 10.9. The number of rotatable bonds is 5. The fraction of sp³-hybridized carbons (Fsp3) is 0.273. The SMILES string of the molecule is CC/C(=C/c1ccccc1)NNS(C)(=O)=O. The molecule has 0 spiro atoms. The minimum Gasteiger partial charge on any atom is -0.312 e. The lowest BCUT2D eigenvalue weighted by Crippen LogP contribution is -2.35. The van der Waals surface area contributed by atoms with E-state index in [0.717, 1.165) is 23.9 Å². The lowest BCUT2D eigenvalue weighted by atomic mass is 10.2. The van der Waals surface area contributed by atoms with Crippen LogP contribution in [0.5, 0.6) is 0 Å². The van der Waals surface area contributed by atoms with Crippen molar-refractivity contribution in [3.8, 4) is 0 Å². The van der Waals surface area contributed by atoms with Gasteiger partial charge in [0.15, 0.2) is 0 Å². The van der Waals surface area contributed by atoms with Gasteiger partial charge in [0.1, 0.15) is 0 Å². The van der Waals surface area contributed by atoms with Crippen LogP contribution in [0.1, 0.15) is 18.9 Å².